The van der Waals surface area contributed by atoms with E-state index in [-0.39, 0.29) is 5.75 Å². The van der Waals surface area contributed by atoms with Gasteiger partial charge in [-0.1, -0.05) is 0 Å². The van der Waals surface area contributed by atoms with Gasteiger partial charge in [-0.15, -0.1) is 11.8 Å². The van der Waals surface area contributed by atoms with Gasteiger partial charge in [0.1, 0.15) is 5.03 Å². The molecule has 7 heteroatoms. The number of sulfone groups is 1. The third kappa shape index (κ3) is 3.85. The van der Waals surface area contributed by atoms with E-state index in [1.165, 1.54) is 24.2 Å². The fourth-order valence-electron chi connectivity index (χ4n) is 1.00. The Morgan fingerprint density at radius 3 is 2.41 bits per heavy atom. The third-order valence-electron chi connectivity index (χ3n) is 2.22. The summed E-state index contributed by atoms with van der Waals surface area (Å²) in [6.07, 6.45) is 3.04. The van der Waals surface area contributed by atoms with Crippen LogP contribution in [0.1, 0.15) is 20.8 Å². The molecular weight excluding hydrogens is 258 g/mol. The molecule has 1 rings (SSSR count). The average Bonchev–Trinajstić information content (AvgIpc) is 2.19. The Hall–Kier alpha value is -0.820. The Labute approximate surface area is 106 Å². The van der Waals surface area contributed by atoms with Crippen molar-refractivity contribution in [2.24, 2.45) is 0 Å². The lowest BCUT2D eigenvalue weighted by Gasteiger charge is -2.18. The van der Waals surface area contributed by atoms with Crippen LogP contribution in [0.15, 0.2) is 17.4 Å². The second-order valence-electron chi connectivity index (χ2n) is 4.53. The van der Waals surface area contributed by atoms with E-state index in [1.54, 1.807) is 20.8 Å². The second kappa shape index (κ2) is 5.22. The number of nitrogens with zero attached hydrogens (tertiary/aromatic N) is 2. The number of hydrogen-bond donors (Lipinski definition) is 1. The molecule has 0 fully saturated rings. The predicted octanol–water partition coefficient (Wildman–Crippen LogP) is 1.36. The van der Waals surface area contributed by atoms with Crippen LogP contribution in [0, 0.1) is 0 Å². The topological polar surface area (TPSA) is 85.9 Å². The highest BCUT2D eigenvalue weighted by atomic mass is 32.2. The number of rotatable bonds is 4. The lowest BCUT2D eigenvalue weighted by molar-refractivity contribution is 0.562. The van der Waals surface area contributed by atoms with Gasteiger partial charge in [0.25, 0.3) is 0 Å². The van der Waals surface area contributed by atoms with Gasteiger partial charge in [0.05, 0.1) is 10.5 Å². The first kappa shape index (κ1) is 14.2. The maximum atomic E-state index is 11.8. The Bertz CT molecular complexity index is 481. The fraction of sp³-hybridized carbons (Fsp3) is 0.600. The normalized spacial score (nSPS) is 12.6. The minimum atomic E-state index is -3.09. The van der Waals surface area contributed by atoms with E-state index in [2.05, 4.69) is 9.97 Å². The number of anilines is 1. The molecule has 0 unspecified atom stereocenters. The minimum Gasteiger partial charge on any atom is -0.381 e. The summed E-state index contributed by atoms with van der Waals surface area (Å²) in [4.78, 5) is 7.93. The molecule has 0 aliphatic heterocycles. The summed E-state index contributed by atoms with van der Waals surface area (Å²) in [5, 5.41) is 0.580. The molecule has 0 spiro atoms. The zero-order valence-electron chi connectivity index (χ0n) is 10.2. The first-order valence-corrected chi connectivity index (χ1v) is 7.79. The molecule has 0 radical (unpaired) electrons. The maximum absolute atomic E-state index is 11.8. The van der Waals surface area contributed by atoms with Gasteiger partial charge in [-0.25, -0.2) is 18.4 Å². The molecule has 2 N–H and O–H groups in total. The van der Waals surface area contributed by atoms with E-state index in [0.29, 0.717) is 16.6 Å². The second-order valence-corrected chi connectivity index (χ2v) is 8.47. The Morgan fingerprint density at radius 1 is 1.29 bits per heavy atom. The van der Waals surface area contributed by atoms with Gasteiger partial charge < -0.3 is 5.73 Å². The molecule has 0 amide bonds. The van der Waals surface area contributed by atoms with Crippen LogP contribution in [0.4, 0.5) is 5.82 Å². The van der Waals surface area contributed by atoms with Crippen molar-refractivity contribution in [3.05, 3.63) is 12.4 Å². The highest BCUT2D eigenvalue weighted by molar-refractivity contribution is 8.01. The first-order valence-electron chi connectivity index (χ1n) is 5.15. The lowest BCUT2D eigenvalue weighted by Crippen LogP contribution is -2.31. The van der Waals surface area contributed by atoms with Gasteiger partial charge in [0.2, 0.25) is 0 Å². The number of hydrogen-bond acceptors (Lipinski definition) is 6. The van der Waals surface area contributed by atoms with E-state index < -0.39 is 14.6 Å². The van der Waals surface area contributed by atoms with E-state index in [0.717, 1.165) is 0 Å². The fourth-order valence-corrected chi connectivity index (χ4v) is 3.35. The van der Waals surface area contributed by atoms with Crippen molar-refractivity contribution in [2.75, 3.05) is 17.2 Å². The van der Waals surface area contributed by atoms with E-state index in [4.69, 9.17) is 5.73 Å². The van der Waals surface area contributed by atoms with Gasteiger partial charge in [0, 0.05) is 18.1 Å². The molecule has 0 aromatic carbocycles. The number of thioether (sulfide) groups is 1. The molecule has 0 atom stereocenters. The van der Waals surface area contributed by atoms with Crippen molar-refractivity contribution in [3.8, 4) is 0 Å². The zero-order valence-corrected chi connectivity index (χ0v) is 11.8. The van der Waals surface area contributed by atoms with Crippen molar-refractivity contribution in [1.82, 2.24) is 9.97 Å². The molecule has 17 heavy (non-hydrogen) atoms. The quantitative estimate of drug-likeness (QED) is 0.835. The average molecular weight is 275 g/mol. The maximum Gasteiger partial charge on any atom is 0.156 e. The lowest BCUT2D eigenvalue weighted by atomic mass is 10.3. The van der Waals surface area contributed by atoms with Crippen LogP contribution >= 0.6 is 11.8 Å². The van der Waals surface area contributed by atoms with Crippen molar-refractivity contribution in [1.29, 1.82) is 0 Å². The van der Waals surface area contributed by atoms with Crippen LogP contribution in [0.25, 0.3) is 0 Å². The Kier molecular flexibility index (Phi) is 4.37. The molecule has 0 aliphatic carbocycles. The summed E-state index contributed by atoms with van der Waals surface area (Å²) >= 11 is 1.31. The van der Waals surface area contributed by atoms with E-state index in [1.807, 2.05) is 0 Å². The van der Waals surface area contributed by atoms with Gasteiger partial charge in [-0.05, 0) is 20.8 Å². The molecule has 5 nitrogen and oxygen atoms in total. The van der Waals surface area contributed by atoms with Gasteiger partial charge in [-0.3, -0.25) is 0 Å². The molecule has 96 valence electrons. The molecule has 0 saturated carbocycles. The van der Waals surface area contributed by atoms with Crippen LogP contribution in [0.3, 0.4) is 0 Å². The SMILES string of the molecule is CC(C)(C)S(=O)(=O)CCSc1nccnc1N. The van der Waals surface area contributed by atoms with Crippen molar-refractivity contribution in [2.45, 2.75) is 30.5 Å². The van der Waals surface area contributed by atoms with Crippen molar-refractivity contribution in [3.63, 3.8) is 0 Å². The van der Waals surface area contributed by atoms with Crippen LogP contribution in [0.2, 0.25) is 0 Å². The molecule has 0 bridgehead atoms. The molecule has 0 saturated heterocycles. The van der Waals surface area contributed by atoms with Crippen LogP contribution < -0.4 is 5.73 Å². The highest BCUT2D eigenvalue weighted by Crippen LogP contribution is 2.22. The number of nitrogens with two attached hydrogens (primary N) is 1. The third-order valence-corrected chi connectivity index (χ3v) is 6.08. The highest BCUT2D eigenvalue weighted by Gasteiger charge is 2.28. The van der Waals surface area contributed by atoms with Crippen LogP contribution in [0.5, 0.6) is 0 Å². The number of nitrogen functional groups attached to an aromatic ring is 1. The largest absolute Gasteiger partial charge is 0.381 e. The van der Waals surface area contributed by atoms with E-state index in [9.17, 15) is 8.42 Å². The van der Waals surface area contributed by atoms with E-state index >= 15 is 0 Å². The monoisotopic (exact) mass is 275 g/mol. The summed E-state index contributed by atoms with van der Waals surface area (Å²) in [6, 6.07) is 0. The Morgan fingerprint density at radius 2 is 1.88 bits per heavy atom. The predicted molar refractivity (Wildman–Crippen MR) is 70.7 cm³/mol. The molecular formula is C10H17N3O2S2. The summed E-state index contributed by atoms with van der Waals surface area (Å²) in [6.45, 7) is 5.09. The van der Waals surface area contributed by atoms with Crippen molar-refractivity contribution < 1.29 is 8.42 Å². The van der Waals surface area contributed by atoms with Crippen LogP contribution in [-0.4, -0.2) is 34.6 Å². The van der Waals surface area contributed by atoms with Gasteiger partial charge >= 0.3 is 0 Å². The molecule has 1 heterocycles. The van der Waals surface area contributed by atoms with Crippen molar-refractivity contribution >= 4 is 27.4 Å². The molecule has 1 aromatic heterocycles. The number of aromatic nitrogens is 2. The Balaban J connectivity index is 2.58. The molecule has 1 aromatic rings. The van der Waals surface area contributed by atoms with Crippen LogP contribution in [-0.2, 0) is 9.84 Å². The summed E-state index contributed by atoms with van der Waals surface area (Å²) in [7, 11) is -3.09. The first-order chi connectivity index (χ1) is 7.74. The smallest absolute Gasteiger partial charge is 0.156 e. The minimum absolute atomic E-state index is 0.108. The summed E-state index contributed by atoms with van der Waals surface area (Å²) < 4.78 is 23.0. The van der Waals surface area contributed by atoms with Gasteiger partial charge in [-0.2, -0.15) is 0 Å². The summed E-state index contributed by atoms with van der Waals surface area (Å²) in [5.41, 5.74) is 5.61. The van der Waals surface area contributed by atoms with Gasteiger partial charge in [0.15, 0.2) is 15.7 Å². The summed E-state index contributed by atoms with van der Waals surface area (Å²) in [5.74, 6) is 0.880. The molecule has 0 aliphatic rings. The zero-order chi connectivity index (χ0) is 13.1. The standard InChI is InChI=1S/C10H17N3O2S2/c1-10(2,3)17(14,15)7-6-16-9-8(11)12-4-5-13-9/h4-5H,6-7H2,1-3H3,(H2,11,12).